The molecule has 1 fully saturated rings. The lowest BCUT2D eigenvalue weighted by Crippen LogP contribution is -2.14. The lowest BCUT2D eigenvalue weighted by Gasteiger charge is -2.10. The lowest BCUT2D eigenvalue weighted by molar-refractivity contribution is -0.385. The normalized spacial score (nSPS) is 19.2. The number of nitrogens with one attached hydrogen (secondary N) is 1. The van der Waals surface area contributed by atoms with Gasteiger partial charge in [0.15, 0.2) is 0 Å². The molecule has 92 valence electrons. The summed E-state index contributed by atoms with van der Waals surface area (Å²) in [5.41, 5.74) is 0.722. The summed E-state index contributed by atoms with van der Waals surface area (Å²) in [5.74, 6) is 3.63. The molecule has 2 rings (SSSR count). The van der Waals surface area contributed by atoms with E-state index < -0.39 is 0 Å². The van der Waals surface area contributed by atoms with Gasteiger partial charge in [0.25, 0.3) is 5.69 Å². The van der Waals surface area contributed by atoms with Gasteiger partial charge in [-0.1, -0.05) is 0 Å². The quantitative estimate of drug-likeness (QED) is 0.659. The minimum atomic E-state index is -0.367. The standard InChI is InChI=1S/C11H15N3O2S/c1-8-5-12-11(4-10(8)14(15)16)13-6-9-2-3-17-7-9/h4-5,9H,2-3,6-7H2,1H3,(H,12,13). The van der Waals surface area contributed by atoms with Crippen LogP contribution in [0.3, 0.4) is 0 Å². The van der Waals surface area contributed by atoms with Gasteiger partial charge >= 0.3 is 0 Å². The highest BCUT2D eigenvalue weighted by molar-refractivity contribution is 7.99. The third-order valence-corrected chi connectivity index (χ3v) is 4.10. The number of thioether (sulfide) groups is 1. The van der Waals surface area contributed by atoms with Crippen LogP contribution in [0.4, 0.5) is 11.5 Å². The Morgan fingerprint density at radius 3 is 3.18 bits per heavy atom. The summed E-state index contributed by atoms with van der Waals surface area (Å²) < 4.78 is 0. The zero-order chi connectivity index (χ0) is 12.3. The molecule has 1 aromatic heterocycles. The van der Waals surface area contributed by atoms with Crippen molar-refractivity contribution in [3.63, 3.8) is 0 Å². The van der Waals surface area contributed by atoms with Crippen LogP contribution in [0, 0.1) is 23.0 Å². The largest absolute Gasteiger partial charge is 0.370 e. The summed E-state index contributed by atoms with van der Waals surface area (Å²) in [6.45, 7) is 2.54. The maximum Gasteiger partial charge on any atom is 0.277 e. The van der Waals surface area contributed by atoms with Gasteiger partial charge in [0, 0.05) is 18.3 Å². The molecule has 1 aliphatic rings. The summed E-state index contributed by atoms with van der Waals surface area (Å²) >= 11 is 1.96. The van der Waals surface area contributed by atoms with Gasteiger partial charge in [-0.2, -0.15) is 11.8 Å². The van der Waals surface area contributed by atoms with Crippen LogP contribution in [0.5, 0.6) is 0 Å². The maximum atomic E-state index is 10.8. The molecule has 1 atom stereocenters. The SMILES string of the molecule is Cc1cnc(NCC2CCSC2)cc1[N+](=O)[O-]. The van der Waals surface area contributed by atoms with Crippen LogP contribution in [0.2, 0.25) is 0 Å². The van der Waals surface area contributed by atoms with E-state index in [0.717, 1.165) is 6.54 Å². The van der Waals surface area contributed by atoms with Gasteiger partial charge < -0.3 is 5.32 Å². The van der Waals surface area contributed by atoms with E-state index in [1.54, 1.807) is 13.1 Å². The Morgan fingerprint density at radius 1 is 1.71 bits per heavy atom. The van der Waals surface area contributed by atoms with Crippen molar-refractivity contribution in [2.45, 2.75) is 13.3 Å². The van der Waals surface area contributed by atoms with Crippen molar-refractivity contribution in [1.29, 1.82) is 0 Å². The predicted octanol–water partition coefficient (Wildman–Crippen LogP) is 2.46. The van der Waals surface area contributed by atoms with E-state index in [0.29, 0.717) is 17.3 Å². The van der Waals surface area contributed by atoms with E-state index in [2.05, 4.69) is 10.3 Å². The van der Waals surface area contributed by atoms with Gasteiger partial charge in [0.1, 0.15) is 5.82 Å². The Morgan fingerprint density at radius 2 is 2.53 bits per heavy atom. The van der Waals surface area contributed by atoms with E-state index in [1.165, 1.54) is 24.0 Å². The average molecular weight is 253 g/mol. The van der Waals surface area contributed by atoms with Crippen molar-refractivity contribution in [2.75, 3.05) is 23.4 Å². The highest BCUT2D eigenvalue weighted by Crippen LogP contribution is 2.24. The molecule has 0 bridgehead atoms. The van der Waals surface area contributed by atoms with Crippen LogP contribution in [0.1, 0.15) is 12.0 Å². The molecule has 0 radical (unpaired) electrons. The molecule has 17 heavy (non-hydrogen) atoms. The number of anilines is 1. The third kappa shape index (κ3) is 3.09. The van der Waals surface area contributed by atoms with Gasteiger partial charge in [0.2, 0.25) is 0 Å². The molecule has 1 unspecified atom stereocenters. The molecular weight excluding hydrogens is 238 g/mol. The second-order valence-corrected chi connectivity index (χ2v) is 5.37. The van der Waals surface area contributed by atoms with Crippen LogP contribution >= 0.6 is 11.8 Å². The molecule has 5 nitrogen and oxygen atoms in total. The minimum Gasteiger partial charge on any atom is -0.370 e. The molecule has 0 aliphatic carbocycles. The number of rotatable bonds is 4. The topological polar surface area (TPSA) is 68.1 Å². The number of pyridine rings is 1. The zero-order valence-electron chi connectivity index (χ0n) is 9.68. The molecule has 2 heterocycles. The molecule has 1 N–H and O–H groups in total. The Hall–Kier alpha value is -1.30. The van der Waals surface area contributed by atoms with Crippen molar-refractivity contribution in [3.8, 4) is 0 Å². The summed E-state index contributed by atoms with van der Waals surface area (Å²) in [7, 11) is 0. The lowest BCUT2D eigenvalue weighted by atomic mass is 10.1. The first-order valence-corrected chi connectivity index (χ1v) is 6.75. The first-order valence-electron chi connectivity index (χ1n) is 5.59. The average Bonchev–Trinajstić information content (AvgIpc) is 2.80. The highest BCUT2D eigenvalue weighted by Gasteiger charge is 2.16. The summed E-state index contributed by atoms with van der Waals surface area (Å²) in [4.78, 5) is 14.6. The minimum absolute atomic E-state index is 0.128. The van der Waals surface area contributed by atoms with Crippen LogP contribution in [-0.4, -0.2) is 28.0 Å². The highest BCUT2D eigenvalue weighted by atomic mass is 32.2. The number of hydrogen-bond acceptors (Lipinski definition) is 5. The third-order valence-electron chi connectivity index (χ3n) is 2.87. The Kier molecular flexibility index (Phi) is 3.83. The number of nitrogens with zero attached hydrogens (tertiary/aromatic N) is 2. The first kappa shape index (κ1) is 12.2. The van der Waals surface area contributed by atoms with Crippen LogP contribution in [-0.2, 0) is 0 Å². The molecule has 0 aromatic carbocycles. The molecular formula is C11H15N3O2S. The Labute approximate surface area is 104 Å². The van der Waals surface area contributed by atoms with E-state index in [4.69, 9.17) is 0 Å². The molecule has 1 aliphatic heterocycles. The van der Waals surface area contributed by atoms with E-state index in [9.17, 15) is 10.1 Å². The van der Waals surface area contributed by atoms with Crippen LogP contribution < -0.4 is 5.32 Å². The predicted molar refractivity (Wildman–Crippen MR) is 69.6 cm³/mol. The first-order chi connectivity index (χ1) is 8.16. The fourth-order valence-corrected chi connectivity index (χ4v) is 3.08. The summed E-state index contributed by atoms with van der Waals surface area (Å²) in [6.07, 6.45) is 2.76. The number of aromatic nitrogens is 1. The van der Waals surface area contributed by atoms with Gasteiger partial charge in [-0.05, 0) is 30.8 Å². The van der Waals surface area contributed by atoms with Crippen molar-refractivity contribution in [3.05, 3.63) is 27.9 Å². The summed E-state index contributed by atoms with van der Waals surface area (Å²) in [5, 5.41) is 14.0. The van der Waals surface area contributed by atoms with Crippen molar-refractivity contribution >= 4 is 23.3 Å². The van der Waals surface area contributed by atoms with Gasteiger partial charge in [-0.3, -0.25) is 10.1 Å². The molecule has 0 spiro atoms. The maximum absolute atomic E-state index is 10.8. The fraction of sp³-hybridized carbons (Fsp3) is 0.545. The van der Waals surface area contributed by atoms with E-state index in [-0.39, 0.29) is 10.6 Å². The second-order valence-electron chi connectivity index (χ2n) is 4.22. The Balaban J connectivity index is 2.00. The smallest absolute Gasteiger partial charge is 0.277 e. The number of hydrogen-bond donors (Lipinski definition) is 1. The van der Waals surface area contributed by atoms with Crippen LogP contribution in [0.25, 0.3) is 0 Å². The van der Waals surface area contributed by atoms with Gasteiger partial charge in [-0.15, -0.1) is 0 Å². The van der Waals surface area contributed by atoms with Crippen molar-refractivity contribution in [2.24, 2.45) is 5.92 Å². The molecule has 0 amide bonds. The zero-order valence-corrected chi connectivity index (χ0v) is 10.5. The van der Waals surface area contributed by atoms with Crippen molar-refractivity contribution in [1.82, 2.24) is 4.98 Å². The fourth-order valence-electron chi connectivity index (χ4n) is 1.80. The molecule has 0 saturated carbocycles. The van der Waals surface area contributed by atoms with Crippen LogP contribution in [0.15, 0.2) is 12.3 Å². The Bertz CT molecular complexity index is 419. The molecule has 6 heteroatoms. The number of aryl methyl sites for hydroxylation is 1. The van der Waals surface area contributed by atoms with Gasteiger partial charge in [-0.25, -0.2) is 4.98 Å². The second kappa shape index (κ2) is 5.35. The summed E-state index contributed by atoms with van der Waals surface area (Å²) in [6, 6.07) is 1.51. The molecule has 1 aromatic rings. The van der Waals surface area contributed by atoms with Gasteiger partial charge in [0.05, 0.1) is 11.0 Å². The van der Waals surface area contributed by atoms with E-state index in [1.807, 2.05) is 11.8 Å². The molecule has 1 saturated heterocycles. The van der Waals surface area contributed by atoms with Crippen molar-refractivity contribution < 1.29 is 4.92 Å². The monoisotopic (exact) mass is 253 g/mol. The number of nitro groups is 1. The van der Waals surface area contributed by atoms with E-state index >= 15 is 0 Å².